The molecule has 0 saturated heterocycles. The first-order chi connectivity index (χ1) is 15.0. The number of amides is 1. The number of hydrogen-bond donors (Lipinski definition) is 1. The van der Waals surface area contributed by atoms with E-state index in [2.05, 4.69) is 15.4 Å². The molecule has 0 fully saturated rings. The third kappa shape index (κ3) is 3.50. The number of carbonyl (C=O) groups excluding carboxylic acids is 1. The molecule has 4 aromatic heterocycles. The lowest BCUT2D eigenvalue weighted by molar-refractivity contribution is 0.101. The van der Waals surface area contributed by atoms with Crippen LogP contribution in [0.3, 0.4) is 0 Å². The van der Waals surface area contributed by atoms with Crippen LogP contribution in [0.15, 0.2) is 59.0 Å². The highest BCUT2D eigenvalue weighted by molar-refractivity contribution is 7.22. The Morgan fingerprint density at radius 1 is 1.06 bits per heavy atom. The van der Waals surface area contributed by atoms with Gasteiger partial charge in [0.05, 0.1) is 16.0 Å². The summed E-state index contributed by atoms with van der Waals surface area (Å²) in [6, 6.07) is 13.7. The summed E-state index contributed by atoms with van der Waals surface area (Å²) in [5.74, 6) is -0.380. The Hall–Kier alpha value is -3.14. The van der Waals surface area contributed by atoms with Crippen LogP contribution in [0.1, 0.15) is 20.2 Å². The minimum Gasteiger partial charge on any atom is -0.267 e. The summed E-state index contributed by atoms with van der Waals surface area (Å²) in [4.78, 5) is 38.3. The molecule has 0 aliphatic heterocycles. The van der Waals surface area contributed by atoms with Crippen LogP contribution in [0.4, 0.5) is 0 Å². The van der Waals surface area contributed by atoms with Crippen LogP contribution >= 0.6 is 34.0 Å². The third-order valence-electron chi connectivity index (χ3n) is 4.81. The molecule has 5 rings (SSSR count). The van der Waals surface area contributed by atoms with Crippen LogP contribution < -0.4 is 11.0 Å². The Balaban J connectivity index is 1.54. The monoisotopic (exact) mass is 464 g/mol. The van der Waals surface area contributed by atoms with Crippen LogP contribution in [-0.2, 0) is 0 Å². The lowest BCUT2D eigenvalue weighted by atomic mass is 10.0. The number of thiophene rings is 2. The highest BCUT2D eigenvalue weighted by Gasteiger charge is 2.20. The van der Waals surface area contributed by atoms with E-state index in [1.54, 1.807) is 18.3 Å². The molecule has 0 radical (unpaired) electrons. The molecule has 0 atom stereocenters. The summed E-state index contributed by atoms with van der Waals surface area (Å²) in [7, 11) is 0. The van der Waals surface area contributed by atoms with Crippen molar-refractivity contribution in [2.75, 3.05) is 5.43 Å². The first-order valence-electron chi connectivity index (χ1n) is 9.42. The van der Waals surface area contributed by atoms with E-state index in [1.807, 2.05) is 54.8 Å². The van der Waals surface area contributed by atoms with E-state index in [1.165, 1.54) is 29.0 Å². The summed E-state index contributed by atoms with van der Waals surface area (Å²) < 4.78 is 1.16. The number of nitrogens with one attached hydrogen (secondary N) is 1. The van der Waals surface area contributed by atoms with Gasteiger partial charge in [-0.15, -0.1) is 34.0 Å². The molecule has 0 spiro atoms. The molecular weight excluding hydrogens is 448 g/mol. The van der Waals surface area contributed by atoms with Crippen molar-refractivity contribution in [3.63, 3.8) is 0 Å². The van der Waals surface area contributed by atoms with Crippen LogP contribution in [-0.4, -0.2) is 20.6 Å². The van der Waals surface area contributed by atoms with Crippen molar-refractivity contribution in [3.8, 4) is 21.0 Å². The first-order valence-corrected chi connectivity index (χ1v) is 11.9. The maximum Gasteiger partial charge on any atom is 0.282 e. The lowest BCUT2D eigenvalue weighted by Crippen LogP contribution is -2.33. The molecule has 9 heteroatoms. The van der Waals surface area contributed by atoms with Gasteiger partial charge in [0.25, 0.3) is 11.5 Å². The summed E-state index contributed by atoms with van der Waals surface area (Å²) in [6.07, 6.45) is 1.36. The van der Waals surface area contributed by atoms with Crippen molar-refractivity contribution in [1.82, 2.24) is 14.6 Å². The Bertz CT molecular complexity index is 1460. The van der Waals surface area contributed by atoms with Gasteiger partial charge in [0, 0.05) is 10.4 Å². The van der Waals surface area contributed by atoms with Gasteiger partial charge in [0.2, 0.25) is 0 Å². The van der Waals surface area contributed by atoms with Crippen LogP contribution in [0.25, 0.3) is 31.2 Å². The number of rotatable bonds is 4. The molecule has 0 bridgehead atoms. The molecule has 0 saturated carbocycles. The van der Waals surface area contributed by atoms with E-state index in [4.69, 9.17) is 0 Å². The van der Waals surface area contributed by atoms with Gasteiger partial charge >= 0.3 is 0 Å². The number of aromatic nitrogens is 3. The molecular formula is C22H16N4O2S3. The normalized spacial score (nSPS) is 11.2. The standard InChI is InChI=1S/C22H16N4O2S3/c1-12-18(31-20(24-12)15-9-6-10-29-15)19(27)25-26-11-23-21-17(22(26)28)16(13(2)30-21)14-7-4-3-5-8-14/h3-11H,1-2H3,(H,25,27). The second-order valence-corrected chi connectivity index (χ2v) is 10.0. The highest BCUT2D eigenvalue weighted by Crippen LogP contribution is 2.35. The first kappa shape index (κ1) is 19.8. The maximum absolute atomic E-state index is 13.3. The molecule has 0 aliphatic carbocycles. The van der Waals surface area contributed by atoms with Crippen molar-refractivity contribution in [3.05, 3.63) is 80.0 Å². The van der Waals surface area contributed by atoms with E-state index in [0.717, 1.165) is 30.6 Å². The molecule has 1 aromatic carbocycles. The minimum atomic E-state index is -0.380. The Morgan fingerprint density at radius 2 is 1.87 bits per heavy atom. The zero-order valence-electron chi connectivity index (χ0n) is 16.6. The minimum absolute atomic E-state index is 0.304. The van der Waals surface area contributed by atoms with Gasteiger partial charge in [-0.2, -0.15) is 0 Å². The van der Waals surface area contributed by atoms with E-state index in [-0.39, 0.29) is 11.5 Å². The number of hydrogen-bond acceptors (Lipinski definition) is 7. The van der Waals surface area contributed by atoms with E-state index < -0.39 is 0 Å². The number of carbonyl (C=O) groups is 1. The van der Waals surface area contributed by atoms with Gasteiger partial charge in [-0.05, 0) is 30.9 Å². The zero-order chi connectivity index (χ0) is 21.5. The Morgan fingerprint density at radius 3 is 2.61 bits per heavy atom. The second kappa shape index (κ2) is 7.84. The van der Waals surface area contributed by atoms with Gasteiger partial charge in [0.15, 0.2) is 0 Å². The molecule has 1 amide bonds. The smallest absolute Gasteiger partial charge is 0.267 e. The number of aryl methyl sites for hydroxylation is 2. The largest absolute Gasteiger partial charge is 0.282 e. The van der Waals surface area contributed by atoms with Gasteiger partial charge in [0.1, 0.15) is 21.0 Å². The predicted octanol–water partition coefficient (Wildman–Crippen LogP) is 5.31. The second-order valence-electron chi connectivity index (χ2n) is 6.85. The lowest BCUT2D eigenvalue weighted by Gasteiger charge is -2.08. The zero-order valence-corrected chi connectivity index (χ0v) is 19.0. The Kier molecular flexibility index (Phi) is 5.01. The average Bonchev–Trinajstić information content (AvgIpc) is 3.49. The van der Waals surface area contributed by atoms with E-state index >= 15 is 0 Å². The van der Waals surface area contributed by atoms with Gasteiger partial charge in [-0.3, -0.25) is 15.0 Å². The molecule has 31 heavy (non-hydrogen) atoms. The van der Waals surface area contributed by atoms with Gasteiger partial charge in [-0.1, -0.05) is 36.4 Å². The van der Waals surface area contributed by atoms with E-state index in [0.29, 0.717) is 20.8 Å². The van der Waals surface area contributed by atoms with Crippen molar-refractivity contribution in [2.24, 2.45) is 0 Å². The van der Waals surface area contributed by atoms with Crippen LogP contribution in [0.2, 0.25) is 0 Å². The van der Waals surface area contributed by atoms with Crippen molar-refractivity contribution >= 4 is 50.1 Å². The molecule has 0 unspecified atom stereocenters. The van der Waals surface area contributed by atoms with Crippen LogP contribution in [0, 0.1) is 13.8 Å². The maximum atomic E-state index is 13.3. The molecule has 6 nitrogen and oxygen atoms in total. The van der Waals surface area contributed by atoms with Crippen LogP contribution in [0.5, 0.6) is 0 Å². The third-order valence-corrected chi connectivity index (χ3v) is 8.02. The average molecular weight is 465 g/mol. The number of nitrogens with zero attached hydrogens (tertiary/aromatic N) is 3. The summed E-state index contributed by atoms with van der Waals surface area (Å²) >= 11 is 4.36. The number of fused-ring (bicyclic) bond motifs is 1. The van der Waals surface area contributed by atoms with Gasteiger partial charge in [-0.25, -0.2) is 14.6 Å². The fourth-order valence-electron chi connectivity index (χ4n) is 3.41. The fourth-order valence-corrected chi connectivity index (χ4v) is 6.16. The molecule has 1 N–H and O–H groups in total. The topological polar surface area (TPSA) is 76.9 Å². The highest BCUT2D eigenvalue weighted by atomic mass is 32.1. The Labute approximate surface area is 189 Å². The predicted molar refractivity (Wildman–Crippen MR) is 128 cm³/mol. The SMILES string of the molecule is Cc1nc(-c2cccs2)sc1C(=O)Nn1cnc2sc(C)c(-c3ccccc3)c2c1=O. The number of benzene rings is 1. The molecule has 0 aliphatic rings. The quantitative estimate of drug-likeness (QED) is 0.391. The summed E-state index contributed by atoms with van der Waals surface area (Å²) in [5.41, 5.74) is 4.82. The summed E-state index contributed by atoms with van der Waals surface area (Å²) in [5, 5.41) is 3.27. The molecule has 4 heterocycles. The van der Waals surface area contributed by atoms with Crippen molar-refractivity contribution in [1.29, 1.82) is 0 Å². The number of thiazole rings is 1. The fraction of sp³-hybridized carbons (Fsp3) is 0.0909. The van der Waals surface area contributed by atoms with E-state index in [9.17, 15) is 9.59 Å². The van der Waals surface area contributed by atoms with Gasteiger partial charge < -0.3 is 0 Å². The molecule has 154 valence electrons. The summed E-state index contributed by atoms with van der Waals surface area (Å²) in [6.45, 7) is 3.77. The molecule has 5 aromatic rings. The van der Waals surface area contributed by atoms with Crippen molar-refractivity contribution in [2.45, 2.75) is 13.8 Å². The van der Waals surface area contributed by atoms with Crippen molar-refractivity contribution < 1.29 is 4.79 Å².